The average Bonchev–Trinajstić information content (AvgIpc) is 3.32. The van der Waals surface area contributed by atoms with Crippen molar-refractivity contribution in [2.24, 2.45) is 0 Å². The smallest absolute Gasteiger partial charge is 0.351 e. The van der Waals surface area contributed by atoms with Crippen molar-refractivity contribution in [2.45, 2.75) is 32.3 Å². The molecule has 0 saturated carbocycles. The molecule has 1 aromatic heterocycles. The van der Waals surface area contributed by atoms with Crippen LogP contribution < -0.4 is 14.8 Å². The number of fused-ring (bicyclic) bond motifs is 2. The molecule has 4 rings (SSSR count). The van der Waals surface area contributed by atoms with Crippen molar-refractivity contribution < 1.29 is 33.3 Å². The number of aryl methyl sites for hydroxylation is 1. The summed E-state index contributed by atoms with van der Waals surface area (Å²) >= 11 is 1.37. The highest BCUT2D eigenvalue weighted by Crippen LogP contribution is 2.39. The number of carbonyl (C=O) groups is 3. The molecule has 0 spiro atoms. The Morgan fingerprint density at radius 2 is 1.97 bits per heavy atom. The van der Waals surface area contributed by atoms with E-state index in [1.807, 2.05) is 0 Å². The number of hydrogen-bond donors (Lipinski definition) is 1. The summed E-state index contributed by atoms with van der Waals surface area (Å²) in [5.41, 5.74) is 1.35. The molecular weight excluding hydrogens is 410 g/mol. The van der Waals surface area contributed by atoms with Gasteiger partial charge in [0, 0.05) is 4.88 Å². The van der Waals surface area contributed by atoms with E-state index in [0.29, 0.717) is 22.1 Å². The van der Waals surface area contributed by atoms with E-state index in [2.05, 4.69) is 5.32 Å². The highest BCUT2D eigenvalue weighted by Gasteiger charge is 2.30. The lowest BCUT2D eigenvalue weighted by Gasteiger charge is -2.24. The summed E-state index contributed by atoms with van der Waals surface area (Å²) in [4.78, 5) is 38.1. The molecule has 1 atom stereocenters. The Kier molecular flexibility index (Phi) is 5.89. The van der Waals surface area contributed by atoms with Crippen molar-refractivity contribution in [1.29, 1.82) is 0 Å². The third kappa shape index (κ3) is 4.11. The molecular formula is C21H21NO7S. The van der Waals surface area contributed by atoms with Gasteiger partial charge in [-0.05, 0) is 43.9 Å². The summed E-state index contributed by atoms with van der Waals surface area (Å²) in [6.07, 6.45) is 1.68. The number of anilines is 1. The van der Waals surface area contributed by atoms with Crippen LogP contribution in [0.5, 0.6) is 11.5 Å². The topological polar surface area (TPSA) is 100 Å². The summed E-state index contributed by atoms with van der Waals surface area (Å²) in [7, 11) is 0. The third-order valence-corrected chi connectivity index (χ3v) is 5.98. The van der Waals surface area contributed by atoms with Crippen LogP contribution >= 0.6 is 11.3 Å². The Morgan fingerprint density at radius 1 is 1.17 bits per heavy atom. The number of amides is 1. The number of carbonyl (C=O) groups excluding carboxylic acids is 3. The second kappa shape index (κ2) is 8.74. The number of rotatable bonds is 6. The molecule has 1 aliphatic heterocycles. The minimum absolute atomic E-state index is 0.00210. The van der Waals surface area contributed by atoms with Crippen LogP contribution in [-0.4, -0.2) is 43.8 Å². The van der Waals surface area contributed by atoms with Gasteiger partial charge in [0.25, 0.3) is 5.91 Å². The van der Waals surface area contributed by atoms with Gasteiger partial charge in [0.05, 0.1) is 12.2 Å². The van der Waals surface area contributed by atoms with E-state index < -0.39 is 30.6 Å². The summed E-state index contributed by atoms with van der Waals surface area (Å²) in [6.45, 7) is 1.49. The molecule has 158 valence electrons. The number of benzene rings is 1. The predicted octanol–water partition coefficient (Wildman–Crippen LogP) is 2.74. The Hall–Kier alpha value is -3.07. The van der Waals surface area contributed by atoms with Gasteiger partial charge in [-0.1, -0.05) is 12.1 Å². The molecule has 0 radical (unpaired) electrons. The third-order valence-electron chi connectivity index (χ3n) is 4.77. The first-order chi connectivity index (χ1) is 14.6. The van der Waals surface area contributed by atoms with Crippen LogP contribution in [0.25, 0.3) is 0 Å². The second-order valence-corrected chi connectivity index (χ2v) is 7.91. The SMILES string of the molecule is CCOC(=O)c1c(NC(=O)COC(=O)[C@@H]2COc3ccccc3O2)sc2c1CCC2. The zero-order chi connectivity index (χ0) is 21.1. The van der Waals surface area contributed by atoms with Gasteiger partial charge < -0.3 is 24.3 Å². The van der Waals surface area contributed by atoms with Gasteiger partial charge in [0.1, 0.15) is 11.6 Å². The fourth-order valence-electron chi connectivity index (χ4n) is 3.44. The van der Waals surface area contributed by atoms with Crippen molar-refractivity contribution >= 4 is 34.2 Å². The van der Waals surface area contributed by atoms with Crippen LogP contribution in [0.1, 0.15) is 34.1 Å². The fourth-order valence-corrected chi connectivity index (χ4v) is 4.73. The molecule has 1 aromatic carbocycles. The number of ether oxygens (including phenoxy) is 4. The number of esters is 2. The molecule has 0 unspecified atom stereocenters. The molecule has 1 amide bonds. The van der Waals surface area contributed by atoms with Crippen molar-refractivity contribution in [3.8, 4) is 11.5 Å². The summed E-state index contributed by atoms with van der Waals surface area (Å²) < 4.78 is 21.3. The van der Waals surface area contributed by atoms with Gasteiger partial charge in [-0.2, -0.15) is 0 Å². The molecule has 2 heterocycles. The van der Waals surface area contributed by atoms with Crippen molar-refractivity contribution in [2.75, 3.05) is 25.1 Å². The van der Waals surface area contributed by atoms with E-state index >= 15 is 0 Å². The molecule has 1 N–H and O–H groups in total. The maximum absolute atomic E-state index is 12.4. The van der Waals surface area contributed by atoms with Crippen LogP contribution in [0.15, 0.2) is 24.3 Å². The van der Waals surface area contributed by atoms with Gasteiger partial charge in [0.2, 0.25) is 6.10 Å². The Balaban J connectivity index is 1.36. The molecule has 0 fully saturated rings. The van der Waals surface area contributed by atoms with Crippen molar-refractivity contribution in [1.82, 2.24) is 0 Å². The first-order valence-corrected chi connectivity index (χ1v) is 10.5. The molecule has 9 heteroatoms. The quantitative estimate of drug-likeness (QED) is 0.702. The van der Waals surface area contributed by atoms with E-state index in [1.54, 1.807) is 31.2 Å². The lowest BCUT2D eigenvalue weighted by molar-refractivity contribution is -0.156. The zero-order valence-electron chi connectivity index (χ0n) is 16.4. The maximum atomic E-state index is 12.4. The fraction of sp³-hybridized carbons (Fsp3) is 0.381. The van der Waals surface area contributed by atoms with Crippen LogP contribution in [0.2, 0.25) is 0 Å². The second-order valence-electron chi connectivity index (χ2n) is 6.80. The largest absolute Gasteiger partial charge is 0.485 e. The average molecular weight is 431 g/mol. The number of para-hydroxylation sites is 2. The standard InChI is InChI=1S/C21H21NO7S/c1-2-26-21(25)18-12-6-5-9-16(12)30-19(18)22-17(23)11-28-20(24)15-10-27-13-7-3-4-8-14(13)29-15/h3-4,7-8,15H,2,5-6,9-11H2,1H3,(H,22,23)/t15-/m0/s1. The van der Waals surface area contributed by atoms with Gasteiger partial charge in [-0.3, -0.25) is 4.79 Å². The van der Waals surface area contributed by atoms with Gasteiger partial charge in [-0.25, -0.2) is 9.59 Å². The van der Waals surface area contributed by atoms with E-state index in [9.17, 15) is 14.4 Å². The van der Waals surface area contributed by atoms with Gasteiger partial charge in [-0.15, -0.1) is 11.3 Å². The van der Waals surface area contributed by atoms with Crippen LogP contribution in [0, 0.1) is 0 Å². The molecule has 0 saturated heterocycles. The van der Waals surface area contributed by atoms with Crippen LogP contribution in [-0.2, 0) is 31.9 Å². The first-order valence-electron chi connectivity index (χ1n) is 9.73. The lowest BCUT2D eigenvalue weighted by Crippen LogP contribution is -2.39. The first kappa shape index (κ1) is 20.2. The van der Waals surface area contributed by atoms with E-state index in [4.69, 9.17) is 18.9 Å². The summed E-state index contributed by atoms with van der Waals surface area (Å²) in [5, 5.41) is 3.12. The normalized spacial score (nSPS) is 16.5. The Morgan fingerprint density at radius 3 is 2.77 bits per heavy atom. The summed E-state index contributed by atoms with van der Waals surface area (Å²) in [5.74, 6) is -0.681. The number of nitrogens with one attached hydrogen (secondary N) is 1. The monoisotopic (exact) mass is 431 g/mol. The lowest BCUT2D eigenvalue weighted by atomic mass is 10.1. The summed E-state index contributed by atoms with van der Waals surface area (Å²) in [6, 6.07) is 7.00. The molecule has 1 aliphatic carbocycles. The number of hydrogen-bond acceptors (Lipinski definition) is 8. The van der Waals surface area contributed by atoms with Gasteiger partial charge in [0.15, 0.2) is 18.1 Å². The molecule has 0 bridgehead atoms. The molecule has 8 nitrogen and oxygen atoms in total. The van der Waals surface area contributed by atoms with E-state index in [1.165, 1.54) is 11.3 Å². The van der Waals surface area contributed by atoms with Crippen LogP contribution in [0.4, 0.5) is 5.00 Å². The highest BCUT2D eigenvalue weighted by atomic mass is 32.1. The molecule has 30 heavy (non-hydrogen) atoms. The molecule has 2 aliphatic rings. The predicted molar refractivity (Wildman–Crippen MR) is 108 cm³/mol. The zero-order valence-corrected chi connectivity index (χ0v) is 17.2. The highest BCUT2D eigenvalue weighted by molar-refractivity contribution is 7.17. The van der Waals surface area contributed by atoms with Crippen molar-refractivity contribution in [3.05, 3.63) is 40.3 Å². The Bertz CT molecular complexity index is 984. The van der Waals surface area contributed by atoms with E-state index in [0.717, 1.165) is 29.7 Å². The Labute approximate surface area is 177 Å². The number of thiophene rings is 1. The van der Waals surface area contributed by atoms with E-state index in [-0.39, 0.29) is 13.2 Å². The minimum atomic E-state index is -0.951. The molecule has 2 aromatic rings. The maximum Gasteiger partial charge on any atom is 0.351 e. The van der Waals surface area contributed by atoms with Crippen LogP contribution in [0.3, 0.4) is 0 Å². The van der Waals surface area contributed by atoms with Crippen molar-refractivity contribution in [3.63, 3.8) is 0 Å². The van der Waals surface area contributed by atoms with Gasteiger partial charge >= 0.3 is 11.9 Å². The minimum Gasteiger partial charge on any atom is -0.485 e.